The zero-order chi connectivity index (χ0) is 14.5. The van der Waals surface area contributed by atoms with Gasteiger partial charge in [0.1, 0.15) is 5.82 Å². The molecule has 0 aromatic carbocycles. The van der Waals surface area contributed by atoms with Crippen molar-refractivity contribution in [1.29, 1.82) is 0 Å². The van der Waals surface area contributed by atoms with Crippen molar-refractivity contribution in [3.05, 3.63) is 22.8 Å². The molecule has 2 heterocycles. The van der Waals surface area contributed by atoms with Gasteiger partial charge in [0.05, 0.1) is 6.54 Å². The summed E-state index contributed by atoms with van der Waals surface area (Å²) in [5.74, 6) is 1.09. The van der Waals surface area contributed by atoms with Gasteiger partial charge in [-0.25, -0.2) is 4.98 Å². The summed E-state index contributed by atoms with van der Waals surface area (Å²) in [4.78, 5) is 18.4. The number of carbonyl (C=O) groups is 1. The molecule has 1 amide bonds. The molecule has 0 saturated carbocycles. The number of pyridine rings is 1. The van der Waals surface area contributed by atoms with E-state index >= 15 is 0 Å². The van der Waals surface area contributed by atoms with Crippen molar-refractivity contribution >= 4 is 52.5 Å². The number of nitrogens with one attached hydrogen (secondary N) is 1. The molecule has 1 fully saturated rings. The van der Waals surface area contributed by atoms with Crippen LogP contribution in [0.3, 0.4) is 0 Å². The Balaban J connectivity index is 0.00000220. The standard InChI is InChI=1S/C14H21BrN4O.2ClH/c1-10-3-2-6-19(12(10)7-16)9-14(20)18-13-5-4-11(15)8-17-13;;/h4-5,8,10,12H,2-3,6-7,9,16H2,1H3,(H,17,18,20);2*1H. The van der Waals surface area contributed by atoms with Gasteiger partial charge in [0.2, 0.25) is 5.91 Å². The van der Waals surface area contributed by atoms with E-state index in [0.29, 0.717) is 30.9 Å². The highest BCUT2D eigenvalue weighted by atomic mass is 79.9. The largest absolute Gasteiger partial charge is 0.329 e. The third-order valence-electron chi connectivity index (χ3n) is 3.81. The Hall–Kier alpha value is -0.400. The Morgan fingerprint density at radius 3 is 2.82 bits per heavy atom. The third-order valence-corrected chi connectivity index (χ3v) is 4.28. The zero-order valence-electron chi connectivity index (χ0n) is 12.5. The first-order valence-corrected chi connectivity index (χ1v) is 7.75. The van der Waals surface area contributed by atoms with Gasteiger partial charge in [0, 0.05) is 23.3 Å². The van der Waals surface area contributed by atoms with E-state index in [4.69, 9.17) is 5.73 Å². The molecule has 2 atom stereocenters. The number of halogens is 3. The van der Waals surface area contributed by atoms with Crippen LogP contribution >= 0.6 is 40.7 Å². The first-order chi connectivity index (χ1) is 9.60. The average Bonchev–Trinajstić information content (AvgIpc) is 2.42. The van der Waals surface area contributed by atoms with Crippen LogP contribution in [0.1, 0.15) is 19.8 Å². The third kappa shape index (κ3) is 6.01. The minimum atomic E-state index is -0.0348. The van der Waals surface area contributed by atoms with Crippen molar-refractivity contribution in [3.8, 4) is 0 Å². The van der Waals surface area contributed by atoms with E-state index in [0.717, 1.165) is 17.4 Å². The molecular weight excluding hydrogens is 391 g/mol. The van der Waals surface area contributed by atoms with Crippen LogP contribution in [0.15, 0.2) is 22.8 Å². The van der Waals surface area contributed by atoms with Crippen LogP contribution < -0.4 is 11.1 Å². The molecule has 0 radical (unpaired) electrons. The summed E-state index contributed by atoms with van der Waals surface area (Å²) in [5.41, 5.74) is 5.84. The lowest BCUT2D eigenvalue weighted by molar-refractivity contribution is -0.118. The SMILES string of the molecule is CC1CCCN(CC(=O)Nc2ccc(Br)cn2)C1CN.Cl.Cl. The van der Waals surface area contributed by atoms with Gasteiger partial charge in [-0.05, 0) is 53.4 Å². The molecule has 1 aromatic rings. The van der Waals surface area contributed by atoms with Gasteiger partial charge < -0.3 is 11.1 Å². The van der Waals surface area contributed by atoms with Crippen LogP contribution in [-0.2, 0) is 4.79 Å². The predicted octanol–water partition coefficient (Wildman–Crippen LogP) is 2.69. The minimum Gasteiger partial charge on any atom is -0.329 e. The number of nitrogens with two attached hydrogens (primary N) is 1. The molecular formula is C14H23BrCl2N4O. The quantitative estimate of drug-likeness (QED) is 0.795. The van der Waals surface area contributed by atoms with Crippen LogP contribution in [0.5, 0.6) is 0 Å². The second-order valence-corrected chi connectivity index (χ2v) is 6.22. The number of amides is 1. The fourth-order valence-corrected chi connectivity index (χ4v) is 2.96. The summed E-state index contributed by atoms with van der Waals surface area (Å²) in [6.45, 7) is 4.13. The highest BCUT2D eigenvalue weighted by Crippen LogP contribution is 2.22. The lowest BCUT2D eigenvalue weighted by Crippen LogP contribution is -2.51. The normalized spacial score (nSPS) is 21.4. The summed E-state index contributed by atoms with van der Waals surface area (Å²) in [5, 5.41) is 2.82. The molecule has 126 valence electrons. The van der Waals surface area contributed by atoms with Crippen molar-refractivity contribution in [2.24, 2.45) is 11.7 Å². The average molecular weight is 414 g/mol. The second-order valence-electron chi connectivity index (χ2n) is 5.30. The van der Waals surface area contributed by atoms with E-state index in [2.05, 4.69) is 38.1 Å². The maximum atomic E-state index is 12.1. The Kier molecular flexibility index (Phi) is 10.2. The summed E-state index contributed by atoms with van der Waals surface area (Å²) in [7, 11) is 0. The molecule has 1 aliphatic heterocycles. The molecule has 2 rings (SSSR count). The number of carbonyl (C=O) groups excluding carboxylic acids is 1. The van der Waals surface area contributed by atoms with Crippen LogP contribution in [0.25, 0.3) is 0 Å². The number of anilines is 1. The Morgan fingerprint density at radius 2 is 2.23 bits per heavy atom. The fraction of sp³-hybridized carbons (Fsp3) is 0.571. The van der Waals surface area contributed by atoms with Gasteiger partial charge in [0.25, 0.3) is 0 Å². The number of rotatable bonds is 4. The van der Waals surface area contributed by atoms with Gasteiger partial charge in [-0.2, -0.15) is 0 Å². The van der Waals surface area contributed by atoms with Crippen LogP contribution in [0.2, 0.25) is 0 Å². The number of likely N-dealkylation sites (tertiary alicyclic amines) is 1. The van der Waals surface area contributed by atoms with Crippen LogP contribution in [0.4, 0.5) is 5.82 Å². The van der Waals surface area contributed by atoms with Gasteiger partial charge in [0.15, 0.2) is 0 Å². The first-order valence-electron chi connectivity index (χ1n) is 6.95. The highest BCUT2D eigenvalue weighted by Gasteiger charge is 2.28. The van der Waals surface area contributed by atoms with E-state index in [1.807, 2.05) is 6.07 Å². The van der Waals surface area contributed by atoms with Gasteiger partial charge >= 0.3 is 0 Å². The minimum absolute atomic E-state index is 0. The first kappa shape index (κ1) is 21.6. The van der Waals surface area contributed by atoms with E-state index in [1.54, 1.807) is 12.3 Å². The maximum absolute atomic E-state index is 12.1. The molecule has 3 N–H and O–H groups in total. The molecule has 1 aromatic heterocycles. The number of nitrogens with zero attached hydrogens (tertiary/aromatic N) is 2. The molecule has 0 aliphatic carbocycles. The van der Waals surface area contributed by atoms with Crippen molar-refractivity contribution in [2.75, 3.05) is 25.0 Å². The number of aromatic nitrogens is 1. The zero-order valence-corrected chi connectivity index (χ0v) is 15.7. The van der Waals surface area contributed by atoms with Crippen molar-refractivity contribution < 1.29 is 4.79 Å². The Bertz CT molecular complexity index is 461. The van der Waals surface area contributed by atoms with Gasteiger partial charge in [-0.1, -0.05) is 6.92 Å². The molecule has 1 saturated heterocycles. The van der Waals surface area contributed by atoms with Crippen LogP contribution in [-0.4, -0.2) is 41.5 Å². The molecule has 0 bridgehead atoms. The topological polar surface area (TPSA) is 71.2 Å². The number of hydrogen-bond acceptors (Lipinski definition) is 4. The fourth-order valence-electron chi connectivity index (χ4n) is 2.73. The van der Waals surface area contributed by atoms with E-state index in [1.165, 1.54) is 6.42 Å². The predicted molar refractivity (Wildman–Crippen MR) is 97.9 cm³/mol. The lowest BCUT2D eigenvalue weighted by Gasteiger charge is -2.38. The van der Waals surface area contributed by atoms with E-state index < -0.39 is 0 Å². The van der Waals surface area contributed by atoms with Crippen molar-refractivity contribution in [1.82, 2.24) is 9.88 Å². The lowest BCUT2D eigenvalue weighted by atomic mass is 9.91. The summed E-state index contributed by atoms with van der Waals surface area (Å²) >= 11 is 3.32. The molecule has 1 aliphatic rings. The van der Waals surface area contributed by atoms with Crippen molar-refractivity contribution in [3.63, 3.8) is 0 Å². The maximum Gasteiger partial charge on any atom is 0.239 e. The van der Waals surface area contributed by atoms with Crippen molar-refractivity contribution in [2.45, 2.75) is 25.8 Å². The highest BCUT2D eigenvalue weighted by molar-refractivity contribution is 9.10. The molecule has 2 unspecified atom stereocenters. The van der Waals surface area contributed by atoms with E-state index in [9.17, 15) is 4.79 Å². The Labute approximate surface area is 152 Å². The Morgan fingerprint density at radius 1 is 1.50 bits per heavy atom. The number of hydrogen-bond donors (Lipinski definition) is 2. The molecule has 5 nitrogen and oxygen atoms in total. The van der Waals surface area contributed by atoms with Gasteiger partial charge in [-0.3, -0.25) is 9.69 Å². The summed E-state index contributed by atoms with van der Waals surface area (Å²) < 4.78 is 0.892. The summed E-state index contributed by atoms with van der Waals surface area (Å²) in [6, 6.07) is 3.93. The van der Waals surface area contributed by atoms with E-state index in [-0.39, 0.29) is 30.7 Å². The molecule has 8 heteroatoms. The second kappa shape index (κ2) is 10.4. The smallest absolute Gasteiger partial charge is 0.239 e. The monoisotopic (exact) mass is 412 g/mol. The molecule has 22 heavy (non-hydrogen) atoms. The van der Waals surface area contributed by atoms with Crippen LogP contribution in [0, 0.1) is 5.92 Å². The van der Waals surface area contributed by atoms with Gasteiger partial charge in [-0.15, -0.1) is 24.8 Å². The summed E-state index contributed by atoms with van der Waals surface area (Å²) in [6.07, 6.45) is 3.98. The number of piperidine rings is 1. The molecule has 0 spiro atoms.